The van der Waals surface area contributed by atoms with Gasteiger partial charge in [-0.15, -0.1) is 11.8 Å². The number of nitrogens with one attached hydrogen (secondary N) is 1. The van der Waals surface area contributed by atoms with Crippen LogP contribution in [0.2, 0.25) is 0 Å². The molecular formula is C17H25NO9S. The highest BCUT2D eigenvalue weighted by Crippen LogP contribution is 2.37. The third-order valence-electron chi connectivity index (χ3n) is 3.63. The maximum Gasteiger partial charge on any atom is 0.303 e. The minimum Gasteiger partial charge on any atom is -0.465 e. The number of carbonyl (C=O) groups excluding carboxylic acids is 5. The summed E-state index contributed by atoms with van der Waals surface area (Å²) in [7, 11) is 0. The van der Waals surface area contributed by atoms with Gasteiger partial charge in [-0.25, -0.2) is 0 Å². The number of hydrogen-bond acceptors (Lipinski definition) is 10. The quantitative estimate of drug-likeness (QED) is 0.454. The predicted octanol–water partition coefficient (Wildman–Crippen LogP) is 0.312. The summed E-state index contributed by atoms with van der Waals surface area (Å²) in [6, 6.07) is -0.969. The van der Waals surface area contributed by atoms with E-state index in [4.69, 9.17) is 18.9 Å². The molecule has 1 aliphatic heterocycles. The molecule has 1 rings (SSSR count). The van der Waals surface area contributed by atoms with E-state index in [1.807, 2.05) is 0 Å². The molecular weight excluding hydrogens is 394 g/mol. The molecule has 5 atom stereocenters. The smallest absolute Gasteiger partial charge is 0.303 e. The Morgan fingerprint density at radius 2 is 1.36 bits per heavy atom. The standard InChI is InChI=1S/C17H25NO9S/c1-6-13(23)18-14-16(26-10(4)21)15(25-9(3)20)12(7-24-8(2)19)28-17(14)27-11(5)22/h12,14-17H,6-7H2,1-5H3,(H,18,23)/t12?,14?,15?,16?,17-/m1/s1. The van der Waals surface area contributed by atoms with Crippen molar-refractivity contribution in [1.82, 2.24) is 5.32 Å². The van der Waals surface area contributed by atoms with Crippen molar-refractivity contribution in [2.45, 2.75) is 70.0 Å². The molecule has 0 aromatic rings. The van der Waals surface area contributed by atoms with Crippen molar-refractivity contribution in [1.29, 1.82) is 0 Å². The van der Waals surface area contributed by atoms with E-state index in [2.05, 4.69) is 5.32 Å². The van der Waals surface area contributed by atoms with Gasteiger partial charge < -0.3 is 24.3 Å². The van der Waals surface area contributed by atoms with E-state index in [-0.39, 0.29) is 18.9 Å². The monoisotopic (exact) mass is 419 g/mol. The van der Waals surface area contributed by atoms with Crippen molar-refractivity contribution in [3.8, 4) is 0 Å². The molecule has 0 spiro atoms. The summed E-state index contributed by atoms with van der Waals surface area (Å²) in [5, 5.41) is 1.96. The Morgan fingerprint density at radius 1 is 0.821 bits per heavy atom. The van der Waals surface area contributed by atoms with E-state index in [9.17, 15) is 24.0 Å². The van der Waals surface area contributed by atoms with Crippen LogP contribution in [0.25, 0.3) is 0 Å². The molecule has 0 aliphatic carbocycles. The van der Waals surface area contributed by atoms with Crippen LogP contribution in [0.4, 0.5) is 0 Å². The van der Waals surface area contributed by atoms with Gasteiger partial charge in [0, 0.05) is 34.1 Å². The van der Waals surface area contributed by atoms with Crippen LogP contribution in [0.15, 0.2) is 0 Å². The molecule has 1 heterocycles. The largest absolute Gasteiger partial charge is 0.465 e. The van der Waals surface area contributed by atoms with Crippen molar-refractivity contribution < 1.29 is 42.9 Å². The van der Waals surface area contributed by atoms with Gasteiger partial charge in [0.2, 0.25) is 5.91 Å². The summed E-state index contributed by atoms with van der Waals surface area (Å²) in [5.74, 6) is -2.89. The molecule has 10 nitrogen and oxygen atoms in total. The molecule has 11 heteroatoms. The van der Waals surface area contributed by atoms with Crippen LogP contribution in [-0.2, 0) is 42.9 Å². The Kier molecular flexibility index (Phi) is 9.23. The Hall–Kier alpha value is -2.30. The third-order valence-corrected chi connectivity index (χ3v) is 5.04. The van der Waals surface area contributed by atoms with E-state index in [1.54, 1.807) is 6.92 Å². The first-order chi connectivity index (χ1) is 13.0. The van der Waals surface area contributed by atoms with Crippen LogP contribution in [0.5, 0.6) is 0 Å². The number of amides is 1. The number of rotatable bonds is 7. The molecule has 1 N–H and O–H groups in total. The van der Waals surface area contributed by atoms with E-state index >= 15 is 0 Å². The lowest BCUT2D eigenvalue weighted by Crippen LogP contribution is -2.63. The third kappa shape index (κ3) is 7.37. The molecule has 0 aromatic carbocycles. The Labute approximate surface area is 167 Å². The lowest BCUT2D eigenvalue weighted by molar-refractivity contribution is -0.175. The predicted molar refractivity (Wildman–Crippen MR) is 96.9 cm³/mol. The summed E-state index contributed by atoms with van der Waals surface area (Å²) >= 11 is 1.04. The summed E-state index contributed by atoms with van der Waals surface area (Å²) in [5.41, 5.74) is -0.954. The second-order valence-electron chi connectivity index (χ2n) is 6.05. The maximum absolute atomic E-state index is 12.0. The molecule has 158 valence electrons. The fourth-order valence-electron chi connectivity index (χ4n) is 2.61. The fourth-order valence-corrected chi connectivity index (χ4v) is 4.05. The van der Waals surface area contributed by atoms with Crippen LogP contribution in [-0.4, -0.2) is 65.3 Å². The number of ether oxygens (including phenoxy) is 4. The van der Waals surface area contributed by atoms with Gasteiger partial charge in [-0.2, -0.15) is 0 Å². The molecule has 0 saturated carbocycles. The van der Waals surface area contributed by atoms with Gasteiger partial charge in [-0.3, -0.25) is 24.0 Å². The van der Waals surface area contributed by atoms with E-state index < -0.39 is 52.8 Å². The SMILES string of the molecule is CCC(=O)NC1C(OC(C)=O)C(OC(C)=O)C(COC(C)=O)S[C@H]1OC(C)=O. The molecule has 0 radical (unpaired) electrons. The second-order valence-corrected chi connectivity index (χ2v) is 7.39. The summed E-state index contributed by atoms with van der Waals surface area (Å²) < 4.78 is 21.0. The van der Waals surface area contributed by atoms with E-state index in [0.29, 0.717) is 0 Å². The highest BCUT2D eigenvalue weighted by molar-refractivity contribution is 8.00. The van der Waals surface area contributed by atoms with Crippen molar-refractivity contribution in [3.63, 3.8) is 0 Å². The highest BCUT2D eigenvalue weighted by Gasteiger charge is 2.51. The zero-order chi connectivity index (χ0) is 21.4. The van der Waals surface area contributed by atoms with Crippen LogP contribution in [0.3, 0.4) is 0 Å². The Morgan fingerprint density at radius 3 is 1.82 bits per heavy atom. The van der Waals surface area contributed by atoms with Crippen LogP contribution < -0.4 is 5.32 Å². The zero-order valence-electron chi connectivity index (χ0n) is 16.4. The number of hydrogen-bond donors (Lipinski definition) is 1. The van der Waals surface area contributed by atoms with Gasteiger partial charge in [0.25, 0.3) is 0 Å². The van der Waals surface area contributed by atoms with Crippen LogP contribution >= 0.6 is 11.8 Å². The average molecular weight is 419 g/mol. The minimum atomic E-state index is -1.15. The molecule has 28 heavy (non-hydrogen) atoms. The zero-order valence-corrected chi connectivity index (χ0v) is 17.2. The molecule has 0 bridgehead atoms. The first kappa shape index (κ1) is 23.7. The fraction of sp³-hybridized carbons (Fsp3) is 0.706. The summed E-state index contributed by atoms with van der Waals surface area (Å²) in [6.45, 7) is 6.19. The van der Waals surface area contributed by atoms with Crippen molar-refractivity contribution >= 4 is 41.5 Å². The normalized spacial score (nSPS) is 26.5. The molecule has 4 unspecified atom stereocenters. The number of carbonyl (C=O) groups is 5. The molecule has 1 amide bonds. The van der Waals surface area contributed by atoms with Crippen molar-refractivity contribution in [2.24, 2.45) is 0 Å². The summed E-state index contributed by atoms with van der Waals surface area (Å²) in [6.07, 6.45) is -2.06. The van der Waals surface area contributed by atoms with Crippen molar-refractivity contribution in [3.05, 3.63) is 0 Å². The average Bonchev–Trinajstić information content (AvgIpc) is 2.56. The minimum absolute atomic E-state index is 0.135. The van der Waals surface area contributed by atoms with Gasteiger partial charge in [0.15, 0.2) is 17.6 Å². The highest BCUT2D eigenvalue weighted by atomic mass is 32.2. The first-order valence-electron chi connectivity index (χ1n) is 8.65. The molecule has 1 saturated heterocycles. The molecule has 1 fully saturated rings. The maximum atomic E-state index is 12.0. The lowest BCUT2D eigenvalue weighted by Gasteiger charge is -2.44. The van der Waals surface area contributed by atoms with Gasteiger partial charge >= 0.3 is 23.9 Å². The number of esters is 4. The van der Waals surface area contributed by atoms with Crippen LogP contribution in [0.1, 0.15) is 41.0 Å². The summed E-state index contributed by atoms with van der Waals surface area (Å²) in [4.78, 5) is 58.0. The van der Waals surface area contributed by atoms with E-state index in [1.165, 1.54) is 20.8 Å². The topological polar surface area (TPSA) is 134 Å². The van der Waals surface area contributed by atoms with Crippen molar-refractivity contribution in [2.75, 3.05) is 6.61 Å². The van der Waals surface area contributed by atoms with Gasteiger partial charge in [0.05, 0.1) is 5.25 Å². The Balaban J connectivity index is 3.31. The van der Waals surface area contributed by atoms with Gasteiger partial charge in [0.1, 0.15) is 12.6 Å². The lowest BCUT2D eigenvalue weighted by atomic mass is 10.0. The van der Waals surface area contributed by atoms with E-state index in [0.717, 1.165) is 18.7 Å². The Bertz CT molecular complexity index is 624. The van der Waals surface area contributed by atoms with Gasteiger partial charge in [-0.05, 0) is 0 Å². The number of thioether (sulfide) groups is 1. The second kappa shape index (κ2) is 10.9. The first-order valence-corrected chi connectivity index (χ1v) is 9.59. The molecule has 1 aliphatic rings. The van der Waals surface area contributed by atoms with Gasteiger partial charge in [-0.1, -0.05) is 6.92 Å². The molecule has 0 aromatic heterocycles. The van der Waals surface area contributed by atoms with Crippen LogP contribution in [0, 0.1) is 0 Å².